The number of carbonyl (C=O) groups excluding carboxylic acids is 1. The maximum absolute atomic E-state index is 12.6. The second-order valence-corrected chi connectivity index (χ2v) is 7.81. The number of anilines is 1. The number of nitrogens with zero attached hydrogens (tertiary/aromatic N) is 2. The van der Waals surface area contributed by atoms with Crippen LogP contribution in [0, 0.1) is 13.8 Å². The Bertz CT molecular complexity index is 1320. The van der Waals surface area contributed by atoms with Crippen LogP contribution in [0.4, 0.5) is 5.13 Å². The van der Waals surface area contributed by atoms with E-state index in [9.17, 15) is 14.4 Å². The summed E-state index contributed by atoms with van der Waals surface area (Å²) in [4.78, 5) is 43.4. The maximum Gasteiger partial charge on any atom is 0.328 e. The van der Waals surface area contributed by atoms with E-state index in [-0.39, 0.29) is 12.3 Å². The van der Waals surface area contributed by atoms with Crippen molar-refractivity contribution >= 4 is 43.5 Å². The van der Waals surface area contributed by atoms with E-state index in [2.05, 4.69) is 21.4 Å². The molecule has 2 heterocycles. The summed E-state index contributed by atoms with van der Waals surface area (Å²) < 4.78 is 2.37. The zero-order chi connectivity index (χ0) is 20.0. The molecule has 0 aliphatic heterocycles. The highest BCUT2D eigenvalue weighted by Gasteiger charge is 2.14. The molecule has 0 saturated heterocycles. The molecule has 0 fully saturated rings. The Morgan fingerprint density at radius 3 is 2.75 bits per heavy atom. The zero-order valence-electron chi connectivity index (χ0n) is 15.6. The molecule has 2 N–H and O–H groups in total. The summed E-state index contributed by atoms with van der Waals surface area (Å²) >= 11 is 1.41. The molecular formula is C20H18N4O3S. The molecule has 0 unspecified atom stereocenters. The molecule has 7 nitrogen and oxygen atoms in total. The number of benzene rings is 2. The third kappa shape index (κ3) is 3.11. The number of H-pyrrole nitrogens is 1. The van der Waals surface area contributed by atoms with Gasteiger partial charge < -0.3 is 5.32 Å². The van der Waals surface area contributed by atoms with Crippen molar-refractivity contribution < 1.29 is 4.79 Å². The summed E-state index contributed by atoms with van der Waals surface area (Å²) in [7, 11) is 1.58. The molecule has 8 heteroatoms. The molecule has 0 aliphatic carbocycles. The lowest BCUT2D eigenvalue weighted by atomic mass is 10.1. The van der Waals surface area contributed by atoms with Crippen LogP contribution in [-0.2, 0) is 18.3 Å². The van der Waals surface area contributed by atoms with E-state index in [4.69, 9.17) is 0 Å². The van der Waals surface area contributed by atoms with Crippen LogP contribution in [0.2, 0.25) is 0 Å². The molecule has 4 aromatic rings. The van der Waals surface area contributed by atoms with Crippen molar-refractivity contribution in [3.63, 3.8) is 0 Å². The third-order valence-corrected chi connectivity index (χ3v) is 5.78. The van der Waals surface area contributed by atoms with Gasteiger partial charge in [-0.2, -0.15) is 0 Å². The Morgan fingerprint density at radius 2 is 1.96 bits per heavy atom. The van der Waals surface area contributed by atoms with Gasteiger partial charge in [-0.25, -0.2) is 9.78 Å². The molecule has 0 bridgehead atoms. The Hall–Kier alpha value is -3.26. The summed E-state index contributed by atoms with van der Waals surface area (Å²) in [6.07, 6.45) is 0.00655. The van der Waals surface area contributed by atoms with E-state index in [1.807, 2.05) is 19.9 Å². The van der Waals surface area contributed by atoms with Gasteiger partial charge in [-0.3, -0.25) is 19.1 Å². The Labute approximate surface area is 163 Å². The van der Waals surface area contributed by atoms with E-state index in [1.165, 1.54) is 21.5 Å². The summed E-state index contributed by atoms with van der Waals surface area (Å²) in [6, 6.07) is 9.19. The number of aromatic amines is 1. The van der Waals surface area contributed by atoms with Crippen molar-refractivity contribution in [1.82, 2.24) is 14.5 Å². The van der Waals surface area contributed by atoms with Gasteiger partial charge in [0.2, 0.25) is 5.91 Å². The summed E-state index contributed by atoms with van der Waals surface area (Å²) in [5, 5.41) is 3.68. The van der Waals surface area contributed by atoms with Crippen molar-refractivity contribution in [3.05, 3.63) is 67.9 Å². The van der Waals surface area contributed by atoms with E-state index in [0.717, 1.165) is 15.8 Å². The molecule has 28 heavy (non-hydrogen) atoms. The first-order valence-electron chi connectivity index (χ1n) is 8.72. The third-order valence-electron chi connectivity index (χ3n) is 4.84. The van der Waals surface area contributed by atoms with E-state index in [0.29, 0.717) is 21.6 Å². The smallest absolute Gasteiger partial charge is 0.302 e. The van der Waals surface area contributed by atoms with Gasteiger partial charge in [-0.1, -0.05) is 23.5 Å². The SMILES string of the molecule is Cc1cc2nc(NC(=O)Cc3cccc4c3c(=O)[nH]c(=O)n4C)sc2cc1C. The fourth-order valence-corrected chi connectivity index (χ4v) is 4.16. The Balaban J connectivity index is 1.65. The fraction of sp³-hybridized carbons (Fsp3) is 0.200. The molecule has 0 aliphatic rings. The first-order valence-corrected chi connectivity index (χ1v) is 9.53. The van der Waals surface area contributed by atoms with Crippen molar-refractivity contribution in [3.8, 4) is 0 Å². The number of hydrogen-bond donors (Lipinski definition) is 2. The van der Waals surface area contributed by atoms with Crippen molar-refractivity contribution in [2.45, 2.75) is 20.3 Å². The van der Waals surface area contributed by atoms with Crippen molar-refractivity contribution in [2.75, 3.05) is 5.32 Å². The summed E-state index contributed by atoms with van der Waals surface area (Å²) in [5.74, 6) is -0.270. The number of aromatic nitrogens is 3. The lowest BCUT2D eigenvalue weighted by molar-refractivity contribution is -0.115. The highest BCUT2D eigenvalue weighted by molar-refractivity contribution is 7.22. The molecule has 4 rings (SSSR count). The average Bonchev–Trinajstić information content (AvgIpc) is 3.00. The molecule has 142 valence electrons. The number of thiazole rings is 1. The quantitative estimate of drug-likeness (QED) is 0.558. The Morgan fingerprint density at radius 1 is 1.21 bits per heavy atom. The summed E-state index contributed by atoms with van der Waals surface area (Å²) in [5.41, 5.74) is 3.24. The van der Waals surface area contributed by atoms with Crippen LogP contribution in [0.5, 0.6) is 0 Å². The largest absolute Gasteiger partial charge is 0.328 e. The van der Waals surface area contributed by atoms with E-state index in [1.54, 1.807) is 25.2 Å². The minimum atomic E-state index is -0.493. The van der Waals surface area contributed by atoms with Gasteiger partial charge in [0.1, 0.15) is 0 Å². The monoisotopic (exact) mass is 394 g/mol. The second kappa shape index (κ2) is 6.72. The molecule has 0 radical (unpaired) electrons. The van der Waals surface area contributed by atoms with Gasteiger partial charge in [0.25, 0.3) is 5.56 Å². The van der Waals surface area contributed by atoms with Crippen molar-refractivity contribution in [1.29, 1.82) is 0 Å². The highest BCUT2D eigenvalue weighted by Crippen LogP contribution is 2.28. The number of nitrogens with one attached hydrogen (secondary N) is 2. The number of fused-ring (bicyclic) bond motifs is 2. The lowest BCUT2D eigenvalue weighted by Gasteiger charge is -2.08. The van der Waals surface area contributed by atoms with Gasteiger partial charge in [-0.15, -0.1) is 0 Å². The lowest BCUT2D eigenvalue weighted by Crippen LogP contribution is -2.29. The summed E-state index contributed by atoms with van der Waals surface area (Å²) in [6.45, 7) is 4.07. The van der Waals surface area contributed by atoms with E-state index >= 15 is 0 Å². The highest BCUT2D eigenvalue weighted by atomic mass is 32.1. The van der Waals surface area contributed by atoms with Crippen LogP contribution in [0.3, 0.4) is 0 Å². The molecule has 2 aromatic heterocycles. The first kappa shape index (κ1) is 18.1. The molecular weight excluding hydrogens is 376 g/mol. The minimum Gasteiger partial charge on any atom is -0.302 e. The number of hydrogen-bond acceptors (Lipinski definition) is 5. The van der Waals surface area contributed by atoms with E-state index < -0.39 is 11.2 Å². The predicted molar refractivity (Wildman–Crippen MR) is 111 cm³/mol. The first-order chi connectivity index (χ1) is 13.3. The van der Waals surface area contributed by atoms with Gasteiger partial charge in [-0.05, 0) is 48.7 Å². The predicted octanol–water partition coefficient (Wildman–Crippen LogP) is 2.63. The van der Waals surface area contributed by atoms with Crippen LogP contribution in [-0.4, -0.2) is 20.4 Å². The molecule has 0 saturated carbocycles. The molecule has 0 spiro atoms. The second-order valence-electron chi connectivity index (χ2n) is 6.78. The molecule has 1 amide bonds. The van der Waals surface area contributed by atoms with Gasteiger partial charge in [0.15, 0.2) is 5.13 Å². The fourth-order valence-electron chi connectivity index (χ4n) is 3.20. The number of rotatable bonds is 3. The van der Waals surface area contributed by atoms with Gasteiger partial charge >= 0.3 is 5.69 Å². The van der Waals surface area contributed by atoms with Crippen LogP contribution >= 0.6 is 11.3 Å². The number of amides is 1. The van der Waals surface area contributed by atoms with Gasteiger partial charge in [0, 0.05) is 7.05 Å². The van der Waals surface area contributed by atoms with Crippen LogP contribution in [0.25, 0.3) is 21.1 Å². The number of carbonyl (C=O) groups is 1. The van der Waals surface area contributed by atoms with Crippen LogP contribution < -0.4 is 16.6 Å². The van der Waals surface area contributed by atoms with Gasteiger partial charge in [0.05, 0.1) is 27.5 Å². The average molecular weight is 394 g/mol. The topological polar surface area (TPSA) is 96.8 Å². The van der Waals surface area contributed by atoms with Crippen molar-refractivity contribution in [2.24, 2.45) is 7.05 Å². The zero-order valence-corrected chi connectivity index (χ0v) is 16.4. The minimum absolute atomic E-state index is 0.00655. The molecule has 2 aromatic carbocycles. The molecule has 0 atom stereocenters. The maximum atomic E-state index is 12.6. The standard InChI is InChI=1S/C20H18N4O3S/c1-10-7-13-15(8-11(10)2)28-19(21-13)22-16(25)9-12-5-4-6-14-17(12)18(26)23-20(27)24(14)3/h4-8H,9H2,1-3H3,(H,21,22,25)(H,23,26,27). The Kier molecular flexibility index (Phi) is 4.35. The normalized spacial score (nSPS) is 11.2. The number of aryl methyl sites for hydroxylation is 3. The van der Waals surface area contributed by atoms with Crippen LogP contribution in [0.15, 0.2) is 39.9 Å². The van der Waals surface area contributed by atoms with Crippen LogP contribution in [0.1, 0.15) is 16.7 Å².